The molecule has 1 aromatic carbocycles. The van der Waals surface area contributed by atoms with Gasteiger partial charge >= 0.3 is 0 Å². The molecule has 0 radical (unpaired) electrons. The smallest absolute Gasteiger partial charge is 0.244 e. The first kappa shape index (κ1) is 21.6. The van der Waals surface area contributed by atoms with Gasteiger partial charge in [-0.25, -0.2) is 9.37 Å². The molecule has 5 rings (SSSR count). The number of hydrogen-bond donors (Lipinski definition) is 1. The monoisotopic (exact) mass is 464 g/mol. The number of anilines is 2. The molecule has 4 heterocycles. The number of aryl methyl sites for hydroxylation is 1. The highest BCUT2D eigenvalue weighted by atomic mass is 19.1. The van der Waals surface area contributed by atoms with Crippen molar-refractivity contribution in [3.05, 3.63) is 65.2 Å². The highest BCUT2D eigenvalue weighted by molar-refractivity contribution is 6.09. The molecule has 3 aromatic rings. The lowest BCUT2D eigenvalue weighted by atomic mass is 9.98. The number of nitrogens with zero attached hydrogens (tertiary/aromatic N) is 3. The van der Waals surface area contributed by atoms with E-state index in [1.54, 1.807) is 26.0 Å². The van der Waals surface area contributed by atoms with Gasteiger partial charge in [0.25, 0.3) is 0 Å². The Morgan fingerprint density at radius 3 is 2.79 bits per heavy atom. The fourth-order valence-electron chi connectivity index (χ4n) is 4.22. The van der Waals surface area contributed by atoms with Crippen molar-refractivity contribution in [1.29, 1.82) is 0 Å². The molecule has 1 atom stereocenters. The highest BCUT2D eigenvalue weighted by Crippen LogP contribution is 2.41. The van der Waals surface area contributed by atoms with Crippen molar-refractivity contribution >= 4 is 29.0 Å². The predicted molar refractivity (Wildman–Crippen MR) is 118 cm³/mol. The number of hydrogen-bond acceptors (Lipinski definition) is 6. The Morgan fingerprint density at radius 2 is 2.00 bits per heavy atom. The predicted octanol–water partition coefficient (Wildman–Crippen LogP) is 3.39. The number of amides is 2. The van der Waals surface area contributed by atoms with Crippen LogP contribution in [0.4, 0.5) is 20.2 Å². The molecular formula is C24H18F2N4O4. The zero-order chi connectivity index (χ0) is 24.1. The third kappa shape index (κ3) is 3.57. The van der Waals surface area contributed by atoms with Crippen LogP contribution in [0.5, 0.6) is 5.75 Å². The van der Waals surface area contributed by atoms with Crippen molar-refractivity contribution in [2.24, 2.45) is 0 Å². The number of benzene rings is 1. The molecule has 10 heteroatoms. The second-order valence-corrected chi connectivity index (χ2v) is 8.15. The van der Waals surface area contributed by atoms with Gasteiger partial charge in [-0.3, -0.25) is 19.4 Å². The van der Waals surface area contributed by atoms with Gasteiger partial charge in [0.2, 0.25) is 23.5 Å². The third-order valence-electron chi connectivity index (χ3n) is 5.80. The Balaban J connectivity index is 1.52. The van der Waals surface area contributed by atoms with Crippen LogP contribution in [0.3, 0.4) is 0 Å². The average Bonchev–Trinajstić information content (AvgIpc) is 3.12. The van der Waals surface area contributed by atoms with Gasteiger partial charge in [0.05, 0.1) is 34.6 Å². The summed E-state index contributed by atoms with van der Waals surface area (Å²) < 4.78 is 34.4. The highest BCUT2D eigenvalue weighted by Gasteiger charge is 2.36. The molecule has 2 aliphatic rings. The van der Waals surface area contributed by atoms with Gasteiger partial charge in [0.1, 0.15) is 18.1 Å². The SMILES string of the molecule is Cc1cc2c(c(F)n1)-c1cc(F)cnc1[C@@H](C)C(=O)N2CC(=O)Nc1ccc2c(c1)OCC2=O. The number of fused-ring (bicyclic) bond motifs is 4. The van der Waals surface area contributed by atoms with E-state index in [4.69, 9.17) is 4.74 Å². The van der Waals surface area contributed by atoms with Crippen molar-refractivity contribution in [2.75, 3.05) is 23.4 Å². The maximum absolute atomic E-state index is 15.1. The zero-order valence-corrected chi connectivity index (χ0v) is 18.2. The van der Waals surface area contributed by atoms with E-state index >= 15 is 4.39 Å². The van der Waals surface area contributed by atoms with Gasteiger partial charge in [0, 0.05) is 23.0 Å². The van der Waals surface area contributed by atoms with E-state index in [1.165, 1.54) is 12.1 Å². The van der Waals surface area contributed by atoms with Crippen LogP contribution in [0.1, 0.15) is 34.6 Å². The maximum atomic E-state index is 15.1. The van der Waals surface area contributed by atoms with Crippen LogP contribution in [0.2, 0.25) is 0 Å². The van der Waals surface area contributed by atoms with Crippen LogP contribution in [0, 0.1) is 18.7 Å². The van der Waals surface area contributed by atoms with E-state index in [-0.39, 0.29) is 40.6 Å². The molecule has 172 valence electrons. The molecule has 8 nitrogen and oxygen atoms in total. The van der Waals surface area contributed by atoms with Gasteiger partial charge in [0.15, 0.2) is 6.61 Å². The average molecular weight is 464 g/mol. The fraction of sp³-hybridized carbons (Fsp3) is 0.208. The van der Waals surface area contributed by atoms with Crippen molar-refractivity contribution in [3.8, 4) is 16.9 Å². The van der Waals surface area contributed by atoms with Gasteiger partial charge < -0.3 is 15.0 Å². The second-order valence-electron chi connectivity index (χ2n) is 8.15. The largest absolute Gasteiger partial charge is 0.485 e. The van der Waals surface area contributed by atoms with Gasteiger partial charge in [-0.05, 0) is 38.1 Å². The Hall–Kier alpha value is -4.21. The maximum Gasteiger partial charge on any atom is 0.244 e. The topological polar surface area (TPSA) is 101 Å². The van der Waals surface area contributed by atoms with Crippen molar-refractivity contribution in [2.45, 2.75) is 19.8 Å². The summed E-state index contributed by atoms with van der Waals surface area (Å²) in [4.78, 5) is 47.0. The first-order chi connectivity index (χ1) is 16.2. The van der Waals surface area contributed by atoms with Gasteiger partial charge in [-0.15, -0.1) is 0 Å². The zero-order valence-electron chi connectivity index (χ0n) is 18.2. The molecule has 0 bridgehead atoms. The fourth-order valence-corrected chi connectivity index (χ4v) is 4.22. The van der Waals surface area contributed by atoms with E-state index in [0.29, 0.717) is 17.0 Å². The number of carbonyl (C=O) groups excluding carboxylic acids is 3. The number of halogens is 2. The first-order valence-corrected chi connectivity index (χ1v) is 10.5. The van der Waals surface area contributed by atoms with Gasteiger partial charge in [-0.1, -0.05) is 0 Å². The van der Waals surface area contributed by atoms with Crippen molar-refractivity contribution in [1.82, 2.24) is 9.97 Å². The molecule has 0 fully saturated rings. The summed E-state index contributed by atoms with van der Waals surface area (Å²) in [7, 11) is 0. The summed E-state index contributed by atoms with van der Waals surface area (Å²) in [6.45, 7) is 2.62. The molecule has 2 amide bonds. The minimum atomic E-state index is -0.892. The summed E-state index contributed by atoms with van der Waals surface area (Å²) in [5, 5.41) is 2.67. The molecule has 0 aliphatic carbocycles. The molecule has 2 aromatic heterocycles. The minimum Gasteiger partial charge on any atom is -0.485 e. The number of ketones is 1. The number of carbonyl (C=O) groups is 3. The van der Waals surface area contributed by atoms with Crippen LogP contribution in [-0.2, 0) is 9.59 Å². The third-order valence-corrected chi connectivity index (χ3v) is 5.80. The molecule has 0 unspecified atom stereocenters. The molecule has 2 aliphatic heterocycles. The van der Waals surface area contributed by atoms with Crippen LogP contribution in [0.25, 0.3) is 11.1 Å². The van der Waals surface area contributed by atoms with E-state index in [2.05, 4.69) is 15.3 Å². The number of pyridine rings is 2. The molecule has 0 spiro atoms. The van der Waals surface area contributed by atoms with E-state index in [1.807, 2.05) is 0 Å². The molecule has 0 saturated heterocycles. The minimum absolute atomic E-state index is 0.0577. The number of rotatable bonds is 3. The molecule has 34 heavy (non-hydrogen) atoms. The number of nitrogens with one attached hydrogen (secondary N) is 1. The summed E-state index contributed by atoms with van der Waals surface area (Å²) in [6, 6.07) is 7.22. The molecular weight excluding hydrogens is 446 g/mol. The van der Waals surface area contributed by atoms with Crippen molar-refractivity contribution < 1.29 is 27.9 Å². The van der Waals surface area contributed by atoms with E-state index < -0.39 is 36.0 Å². The standard InChI is InChI=1S/C24H18F2N4O4/c1-11-5-17-21(23(26)28-11)16-6-13(25)8-27-22(16)12(2)24(33)30(17)9-20(32)29-14-3-4-15-18(31)10-34-19(15)7-14/h3-8,12H,9-10H2,1-2H3,(H,29,32)/t12-/m1/s1. The quantitative estimate of drug-likeness (QED) is 0.597. The number of Topliss-reactive ketones (excluding diaryl/α,β-unsaturated/α-hetero) is 1. The Kier molecular flexibility index (Phi) is 5.07. The molecule has 1 N–H and O–H groups in total. The lowest BCUT2D eigenvalue weighted by molar-refractivity contribution is -0.122. The summed E-state index contributed by atoms with van der Waals surface area (Å²) in [6.07, 6.45) is 0.963. The van der Waals surface area contributed by atoms with Crippen LogP contribution in [-0.4, -0.2) is 40.7 Å². The van der Waals surface area contributed by atoms with Crippen LogP contribution in [0.15, 0.2) is 36.5 Å². The van der Waals surface area contributed by atoms with E-state index in [0.717, 1.165) is 17.2 Å². The first-order valence-electron chi connectivity index (χ1n) is 10.5. The number of ether oxygens (including phenoxy) is 1. The summed E-state index contributed by atoms with van der Waals surface area (Å²) in [5.41, 5.74) is 1.41. The lowest BCUT2D eigenvalue weighted by Gasteiger charge is -2.24. The Labute approximate surface area is 192 Å². The van der Waals surface area contributed by atoms with E-state index in [9.17, 15) is 18.8 Å². The van der Waals surface area contributed by atoms with Crippen molar-refractivity contribution in [3.63, 3.8) is 0 Å². The van der Waals surface area contributed by atoms with Crippen LogP contribution >= 0.6 is 0 Å². The summed E-state index contributed by atoms with van der Waals surface area (Å²) >= 11 is 0. The summed E-state index contributed by atoms with van der Waals surface area (Å²) in [5.74, 6) is -3.29. The lowest BCUT2D eigenvalue weighted by Crippen LogP contribution is -2.40. The number of aromatic nitrogens is 2. The normalized spacial score (nSPS) is 16.4. The Bertz CT molecular complexity index is 1390. The molecule has 0 saturated carbocycles. The Morgan fingerprint density at radius 1 is 1.21 bits per heavy atom. The second kappa shape index (κ2) is 7.98. The van der Waals surface area contributed by atoms with Gasteiger partial charge in [-0.2, -0.15) is 4.39 Å². The van der Waals surface area contributed by atoms with Crippen LogP contribution < -0.4 is 15.0 Å².